The number of nitrogens with zero attached hydrogens (tertiary/aromatic N) is 3. The maximum atomic E-state index is 11.0. The summed E-state index contributed by atoms with van der Waals surface area (Å²) in [6.07, 6.45) is 4.33. The summed E-state index contributed by atoms with van der Waals surface area (Å²) in [5, 5.41) is 41.2. The third kappa shape index (κ3) is 10.4. The zero-order valence-electron chi connectivity index (χ0n) is 30.6. The zero-order chi connectivity index (χ0) is 39.4. The minimum absolute atomic E-state index is 0.0900. The highest BCUT2D eigenvalue weighted by Gasteiger charge is 2.29. The van der Waals surface area contributed by atoms with Crippen LogP contribution in [0.5, 0.6) is 17.5 Å². The van der Waals surface area contributed by atoms with Gasteiger partial charge < -0.3 is 34.8 Å². The maximum Gasteiger partial charge on any atom is 0.305 e. The van der Waals surface area contributed by atoms with E-state index in [0.29, 0.717) is 71.3 Å². The molecular weight excluding hydrogens is 800 g/mol. The molecule has 13 heteroatoms. The van der Waals surface area contributed by atoms with E-state index in [9.17, 15) is 15.2 Å². The van der Waals surface area contributed by atoms with Gasteiger partial charge in [-0.05, 0) is 94.6 Å². The Morgan fingerprint density at radius 2 is 1.80 bits per heavy atom. The highest BCUT2D eigenvalue weighted by Crippen LogP contribution is 2.45. The summed E-state index contributed by atoms with van der Waals surface area (Å²) in [6.45, 7) is 1.87. The van der Waals surface area contributed by atoms with Crippen LogP contribution < -0.4 is 19.5 Å². The number of aliphatic carboxylic acids is 1. The van der Waals surface area contributed by atoms with Crippen molar-refractivity contribution in [3.8, 4) is 45.8 Å². The van der Waals surface area contributed by atoms with E-state index < -0.39 is 12.1 Å². The molecule has 290 valence electrons. The monoisotopic (exact) mass is 840 g/mol. The molecule has 1 aliphatic rings. The molecule has 0 bridgehead atoms. The average molecular weight is 842 g/mol. The normalized spacial score (nSPS) is 13.8. The molecule has 4 N–H and O–H groups in total. The van der Waals surface area contributed by atoms with Crippen LogP contribution >= 0.6 is 27.5 Å². The van der Waals surface area contributed by atoms with E-state index in [1.807, 2.05) is 54.6 Å². The van der Waals surface area contributed by atoms with Crippen molar-refractivity contribution in [1.82, 2.24) is 15.3 Å². The molecule has 0 radical (unpaired) electrons. The molecule has 11 nitrogen and oxygen atoms in total. The maximum absolute atomic E-state index is 11.0. The van der Waals surface area contributed by atoms with Crippen LogP contribution in [0, 0.1) is 11.3 Å². The van der Waals surface area contributed by atoms with E-state index >= 15 is 0 Å². The number of aliphatic hydroxyl groups excluding tert-OH is 2. The van der Waals surface area contributed by atoms with Crippen molar-refractivity contribution in [3.05, 3.63) is 123 Å². The highest BCUT2D eigenvalue weighted by atomic mass is 79.9. The molecule has 56 heavy (non-hydrogen) atoms. The molecule has 0 saturated carbocycles. The fraction of sp³-hybridized carbons (Fsp3) is 0.302. The van der Waals surface area contributed by atoms with Gasteiger partial charge in [-0.3, -0.25) is 9.78 Å². The van der Waals surface area contributed by atoms with Gasteiger partial charge in [0.2, 0.25) is 11.8 Å². The molecule has 2 atom stereocenters. The van der Waals surface area contributed by atoms with Crippen LogP contribution in [0.4, 0.5) is 0 Å². The first-order valence-corrected chi connectivity index (χ1v) is 19.6. The average Bonchev–Trinajstić information content (AvgIpc) is 3.61. The van der Waals surface area contributed by atoms with E-state index in [0.717, 1.165) is 57.5 Å². The number of aliphatic hydroxyl groups is 2. The number of rotatable bonds is 19. The number of aryl methyl sites for hydroxylation is 1. The number of carboxylic acids is 1. The number of hydrogen-bond donors (Lipinski definition) is 4. The van der Waals surface area contributed by atoms with Gasteiger partial charge in [-0.15, -0.1) is 0 Å². The summed E-state index contributed by atoms with van der Waals surface area (Å²) < 4.78 is 19.3. The van der Waals surface area contributed by atoms with Gasteiger partial charge in [0.25, 0.3) is 0 Å². The fourth-order valence-electron chi connectivity index (χ4n) is 6.76. The third-order valence-corrected chi connectivity index (χ3v) is 10.4. The van der Waals surface area contributed by atoms with Crippen molar-refractivity contribution in [2.24, 2.45) is 0 Å². The zero-order valence-corrected chi connectivity index (χ0v) is 32.9. The second-order valence-corrected chi connectivity index (χ2v) is 14.6. The summed E-state index contributed by atoms with van der Waals surface area (Å²) in [5.41, 5.74) is 7.93. The van der Waals surface area contributed by atoms with Crippen molar-refractivity contribution in [2.75, 3.05) is 26.3 Å². The minimum Gasteiger partial charge on any atom is -0.492 e. The van der Waals surface area contributed by atoms with E-state index in [1.54, 1.807) is 12.3 Å². The first kappa shape index (κ1) is 40.6. The summed E-state index contributed by atoms with van der Waals surface area (Å²) >= 11 is 10.8. The van der Waals surface area contributed by atoms with E-state index in [1.165, 1.54) is 6.20 Å². The van der Waals surface area contributed by atoms with Gasteiger partial charge in [0.15, 0.2) is 0 Å². The highest BCUT2D eigenvalue weighted by molar-refractivity contribution is 9.10. The number of hydrogen-bond acceptors (Lipinski definition) is 10. The van der Waals surface area contributed by atoms with Crippen LogP contribution in [-0.4, -0.2) is 63.7 Å². The van der Waals surface area contributed by atoms with Gasteiger partial charge in [0.05, 0.1) is 34.2 Å². The SMILES string of the molecule is N#Cc1cncc(COc2nc(O[C@H]3CCc4c(-c5cccc(-c6ccc(OCCNCCO)cc6)c5Cl)cccc43)c(Br)cc2CCC[C@@H](O)CC(=O)O)c1. The summed E-state index contributed by atoms with van der Waals surface area (Å²) in [4.78, 5) is 20.0. The number of pyridine rings is 2. The standard InChI is InChI=1S/C43H42BrClN4O7/c44-38-21-30(4-1-5-31(51)22-40(52)53)42(55-26-28-20-27(23-46)24-48-25-28)49-43(38)56-39-15-14-35-34(7-3-8-36(35)39)37-9-2-6-33(41(37)45)29-10-12-32(13-11-29)54-19-17-47-16-18-50/h2-3,6-13,20-21,24-25,31,39,47,50-51H,1,4-5,14-19,22,26H2,(H,52,53)/t31-,39+/m1/s1. The van der Waals surface area contributed by atoms with Crippen molar-refractivity contribution < 1.29 is 34.3 Å². The molecule has 0 aliphatic heterocycles. The van der Waals surface area contributed by atoms with Crippen LogP contribution in [0.15, 0.2) is 89.7 Å². The molecule has 2 heterocycles. The van der Waals surface area contributed by atoms with Gasteiger partial charge in [0.1, 0.15) is 31.1 Å². The van der Waals surface area contributed by atoms with Crippen molar-refractivity contribution >= 4 is 33.5 Å². The molecule has 0 saturated heterocycles. The van der Waals surface area contributed by atoms with Crippen LogP contribution in [0.25, 0.3) is 22.3 Å². The Morgan fingerprint density at radius 3 is 2.59 bits per heavy atom. The van der Waals surface area contributed by atoms with Crippen LogP contribution in [0.3, 0.4) is 0 Å². The lowest BCUT2D eigenvalue weighted by atomic mass is 9.94. The quantitative estimate of drug-likeness (QED) is 0.0598. The van der Waals surface area contributed by atoms with Crippen LogP contribution in [-0.2, 0) is 24.2 Å². The number of ether oxygens (including phenoxy) is 3. The number of fused-ring (bicyclic) bond motifs is 1. The van der Waals surface area contributed by atoms with E-state index in [-0.39, 0.29) is 25.7 Å². The number of benzene rings is 3. The molecule has 2 aromatic heterocycles. The Balaban J connectivity index is 1.21. The van der Waals surface area contributed by atoms with Crippen molar-refractivity contribution in [3.63, 3.8) is 0 Å². The lowest BCUT2D eigenvalue weighted by molar-refractivity contribution is -0.139. The number of carbonyl (C=O) groups is 1. The second kappa shape index (κ2) is 19.7. The molecule has 0 amide bonds. The molecule has 6 rings (SSSR count). The van der Waals surface area contributed by atoms with Gasteiger partial charge >= 0.3 is 5.97 Å². The number of aromatic nitrogens is 2. The number of nitriles is 1. The van der Waals surface area contributed by atoms with E-state index in [2.05, 4.69) is 44.4 Å². The first-order chi connectivity index (χ1) is 27.2. The molecule has 0 fully saturated rings. The lowest BCUT2D eigenvalue weighted by Gasteiger charge is -2.19. The molecule has 0 unspecified atom stereocenters. The molecule has 0 spiro atoms. The predicted molar refractivity (Wildman–Crippen MR) is 216 cm³/mol. The smallest absolute Gasteiger partial charge is 0.305 e. The number of halogens is 2. The van der Waals surface area contributed by atoms with Gasteiger partial charge in [-0.1, -0.05) is 60.1 Å². The molecule has 3 aromatic carbocycles. The summed E-state index contributed by atoms with van der Waals surface area (Å²) in [7, 11) is 0. The van der Waals surface area contributed by atoms with Gasteiger partial charge in [0, 0.05) is 47.7 Å². The first-order valence-electron chi connectivity index (χ1n) is 18.4. The topological polar surface area (TPSA) is 167 Å². The van der Waals surface area contributed by atoms with Crippen molar-refractivity contribution in [1.29, 1.82) is 5.26 Å². The Morgan fingerprint density at radius 1 is 1.02 bits per heavy atom. The Hall–Kier alpha value is -5.03. The summed E-state index contributed by atoms with van der Waals surface area (Å²) in [5.74, 6) is 0.397. The summed E-state index contributed by atoms with van der Waals surface area (Å²) in [6, 6.07) is 25.8. The predicted octanol–water partition coefficient (Wildman–Crippen LogP) is 7.86. The van der Waals surface area contributed by atoms with Crippen molar-refractivity contribution in [2.45, 2.75) is 57.3 Å². The second-order valence-electron chi connectivity index (χ2n) is 13.4. The number of carboxylic acid groups (broad SMARTS) is 1. The Kier molecular flexibility index (Phi) is 14.3. The largest absolute Gasteiger partial charge is 0.492 e. The molecule has 1 aliphatic carbocycles. The Bertz CT molecular complexity index is 2180. The lowest BCUT2D eigenvalue weighted by Crippen LogP contribution is -2.23. The third-order valence-electron chi connectivity index (χ3n) is 9.44. The van der Waals surface area contributed by atoms with Gasteiger partial charge in [-0.2, -0.15) is 10.2 Å². The fourth-order valence-corrected chi connectivity index (χ4v) is 7.55. The Labute approximate surface area is 339 Å². The minimum atomic E-state index is -1.05. The van der Waals surface area contributed by atoms with Crippen LogP contribution in [0.2, 0.25) is 5.02 Å². The van der Waals surface area contributed by atoms with E-state index in [4.69, 9.17) is 41.0 Å². The number of nitrogens with one attached hydrogen (secondary N) is 1. The van der Waals surface area contributed by atoms with Crippen LogP contribution in [0.1, 0.15) is 59.6 Å². The molecular formula is C43H42BrClN4O7. The molecule has 5 aromatic rings. The van der Waals surface area contributed by atoms with Gasteiger partial charge in [-0.25, -0.2) is 0 Å².